The van der Waals surface area contributed by atoms with Crippen molar-refractivity contribution in [3.63, 3.8) is 0 Å². The highest BCUT2D eigenvalue weighted by Crippen LogP contribution is 2.31. The largest absolute Gasteiger partial charge is 0.480 e. The summed E-state index contributed by atoms with van der Waals surface area (Å²) in [4.78, 5) is 42.8. The van der Waals surface area contributed by atoms with Gasteiger partial charge >= 0.3 is 5.97 Å². The number of benzene rings is 1. The van der Waals surface area contributed by atoms with Crippen LogP contribution < -0.4 is 10.6 Å². The summed E-state index contributed by atoms with van der Waals surface area (Å²) in [6.45, 7) is 0. The molecule has 1 aromatic carbocycles. The summed E-state index contributed by atoms with van der Waals surface area (Å²) in [7, 11) is 0. The Balaban J connectivity index is 1.42. The maximum absolute atomic E-state index is 13.4. The molecule has 1 fully saturated rings. The Hall–Kier alpha value is -3.17. The van der Waals surface area contributed by atoms with Gasteiger partial charge in [0.2, 0.25) is 11.8 Å². The zero-order chi connectivity index (χ0) is 25.5. The molecule has 0 spiro atoms. The fourth-order valence-corrected chi connectivity index (χ4v) is 5.42. The van der Waals surface area contributed by atoms with Gasteiger partial charge in [0.25, 0.3) is 0 Å². The second-order valence-corrected chi connectivity index (χ2v) is 10.5. The van der Waals surface area contributed by atoms with E-state index < -0.39 is 28.7 Å². The first kappa shape index (κ1) is 25.9. The fourth-order valence-electron chi connectivity index (χ4n) is 4.49. The van der Waals surface area contributed by atoms with Gasteiger partial charge in [0.15, 0.2) is 0 Å². The van der Waals surface area contributed by atoms with Crippen molar-refractivity contribution >= 4 is 41.7 Å². The number of pyridine rings is 1. The van der Waals surface area contributed by atoms with Crippen molar-refractivity contribution in [2.45, 2.75) is 55.4 Å². The number of nitrogens with one attached hydrogen (secondary N) is 2. The fraction of sp³-hybridized carbons (Fsp3) is 0.333. The summed E-state index contributed by atoms with van der Waals surface area (Å²) >= 11 is 6.05. The van der Waals surface area contributed by atoms with Gasteiger partial charge in [0.1, 0.15) is 11.6 Å². The lowest BCUT2D eigenvalue weighted by molar-refractivity contribution is -0.143. The number of nitrogens with zero attached hydrogens (tertiary/aromatic N) is 1. The van der Waals surface area contributed by atoms with Crippen LogP contribution in [-0.4, -0.2) is 44.7 Å². The van der Waals surface area contributed by atoms with E-state index in [4.69, 9.17) is 0 Å². The summed E-state index contributed by atoms with van der Waals surface area (Å²) in [5, 5.41) is 18.7. The van der Waals surface area contributed by atoms with Crippen LogP contribution in [0.5, 0.6) is 0 Å². The smallest absolute Gasteiger partial charge is 0.326 e. The van der Waals surface area contributed by atoms with E-state index in [-0.39, 0.29) is 12.3 Å². The molecular weight excluding hydrogens is 494 g/mol. The summed E-state index contributed by atoms with van der Waals surface area (Å²) < 4.78 is 0. The van der Waals surface area contributed by atoms with Gasteiger partial charge < -0.3 is 15.7 Å². The number of hydrogen-bond donors (Lipinski definition) is 4. The van der Waals surface area contributed by atoms with Crippen LogP contribution in [0.15, 0.2) is 65.5 Å². The molecule has 7 nitrogen and oxygen atoms in total. The third kappa shape index (κ3) is 6.33. The lowest BCUT2D eigenvalue weighted by atomic mass is 9.94. The van der Waals surface area contributed by atoms with E-state index in [1.54, 1.807) is 17.5 Å². The lowest BCUT2D eigenvalue weighted by Crippen LogP contribution is -2.61. The number of carboxylic acids is 1. The van der Waals surface area contributed by atoms with Crippen molar-refractivity contribution < 1.29 is 19.5 Å². The first-order valence-electron chi connectivity index (χ1n) is 11.9. The number of aromatic nitrogens is 1. The molecule has 1 aliphatic rings. The predicted octanol–water partition coefficient (Wildman–Crippen LogP) is 3.89. The van der Waals surface area contributed by atoms with Crippen LogP contribution in [0.1, 0.15) is 36.8 Å². The van der Waals surface area contributed by atoms with Gasteiger partial charge in [-0.15, -0.1) is 0 Å². The Kier molecular flexibility index (Phi) is 8.43. The maximum atomic E-state index is 13.4. The third-order valence-corrected chi connectivity index (χ3v) is 7.61. The molecule has 0 radical (unpaired) electrons. The third-order valence-electron chi connectivity index (χ3n) is 6.51. The zero-order valence-corrected chi connectivity index (χ0v) is 21.4. The average Bonchev–Trinajstić information content (AvgIpc) is 3.58. The molecule has 0 unspecified atom stereocenters. The first-order chi connectivity index (χ1) is 17.4. The van der Waals surface area contributed by atoms with Crippen LogP contribution in [0.4, 0.5) is 0 Å². The molecule has 1 aliphatic carbocycles. The normalized spacial score (nSPS) is 16.1. The van der Waals surface area contributed by atoms with Crippen molar-refractivity contribution in [2.75, 3.05) is 0 Å². The molecule has 2 heterocycles. The molecular formula is C27H29N3O4S2. The SMILES string of the molecule is O=C(O)[C@H](Cc1ccc(-c2ccsc2)nc1)NC(=O)C1(NC(=O)[C@@H](S)Cc2ccccc2)CCCC1. The first-order valence-corrected chi connectivity index (χ1v) is 13.4. The van der Waals surface area contributed by atoms with Crippen LogP contribution in [0.3, 0.4) is 0 Å². The van der Waals surface area contributed by atoms with E-state index >= 15 is 0 Å². The van der Waals surface area contributed by atoms with E-state index in [0.717, 1.165) is 29.7 Å². The van der Waals surface area contributed by atoms with Gasteiger partial charge in [-0.05, 0) is 47.9 Å². The minimum Gasteiger partial charge on any atom is -0.480 e. The van der Waals surface area contributed by atoms with E-state index in [1.165, 1.54) is 0 Å². The second-order valence-electron chi connectivity index (χ2n) is 9.12. The predicted molar refractivity (Wildman–Crippen MR) is 143 cm³/mol. The van der Waals surface area contributed by atoms with Gasteiger partial charge in [-0.1, -0.05) is 49.2 Å². The summed E-state index contributed by atoms with van der Waals surface area (Å²) in [5.41, 5.74) is 2.35. The number of hydrogen-bond acceptors (Lipinski definition) is 6. The molecule has 188 valence electrons. The van der Waals surface area contributed by atoms with Crippen LogP contribution in [-0.2, 0) is 27.2 Å². The number of carbonyl (C=O) groups excluding carboxylic acids is 2. The highest BCUT2D eigenvalue weighted by molar-refractivity contribution is 7.81. The van der Waals surface area contributed by atoms with Crippen molar-refractivity contribution in [1.29, 1.82) is 0 Å². The highest BCUT2D eigenvalue weighted by atomic mass is 32.1. The molecule has 1 saturated carbocycles. The topological polar surface area (TPSA) is 108 Å². The number of carboxylic acid groups (broad SMARTS) is 1. The summed E-state index contributed by atoms with van der Waals surface area (Å²) in [6.07, 6.45) is 4.62. The molecule has 0 bridgehead atoms. The van der Waals surface area contributed by atoms with E-state index in [2.05, 4.69) is 28.2 Å². The molecule has 3 aromatic rings. The Labute approximate surface area is 219 Å². The minimum absolute atomic E-state index is 0.0885. The minimum atomic E-state index is -1.14. The molecule has 3 N–H and O–H groups in total. The lowest BCUT2D eigenvalue weighted by Gasteiger charge is -2.31. The monoisotopic (exact) mass is 523 g/mol. The van der Waals surface area contributed by atoms with E-state index in [9.17, 15) is 19.5 Å². The second kappa shape index (κ2) is 11.7. The number of carbonyl (C=O) groups is 3. The average molecular weight is 524 g/mol. The van der Waals surface area contributed by atoms with Crippen molar-refractivity contribution in [2.24, 2.45) is 0 Å². The number of thiophene rings is 1. The number of aliphatic carboxylic acids is 1. The van der Waals surface area contributed by atoms with Crippen molar-refractivity contribution in [3.8, 4) is 11.3 Å². The Bertz CT molecular complexity index is 1180. The van der Waals surface area contributed by atoms with Gasteiger partial charge in [-0.2, -0.15) is 24.0 Å². The van der Waals surface area contributed by atoms with Crippen LogP contribution in [0.25, 0.3) is 11.3 Å². The zero-order valence-electron chi connectivity index (χ0n) is 19.7. The molecule has 0 saturated heterocycles. The Morgan fingerprint density at radius 3 is 2.39 bits per heavy atom. The van der Waals surface area contributed by atoms with E-state index in [1.807, 2.05) is 59.3 Å². The van der Waals surface area contributed by atoms with Crippen LogP contribution in [0, 0.1) is 0 Å². The van der Waals surface area contributed by atoms with Gasteiger partial charge in [0.05, 0.1) is 10.9 Å². The van der Waals surface area contributed by atoms with E-state index in [0.29, 0.717) is 24.8 Å². The molecule has 2 aromatic heterocycles. The van der Waals surface area contributed by atoms with Crippen LogP contribution in [0.2, 0.25) is 0 Å². The maximum Gasteiger partial charge on any atom is 0.326 e. The number of thiol groups is 1. The highest BCUT2D eigenvalue weighted by Gasteiger charge is 2.44. The number of amides is 2. The van der Waals surface area contributed by atoms with Gasteiger partial charge in [-0.3, -0.25) is 14.6 Å². The van der Waals surface area contributed by atoms with Crippen LogP contribution >= 0.6 is 24.0 Å². The summed E-state index contributed by atoms with van der Waals surface area (Å²) in [5.74, 6) is -1.94. The molecule has 9 heteroatoms. The van der Waals surface area contributed by atoms with Gasteiger partial charge in [-0.25, -0.2) is 4.79 Å². The molecule has 4 rings (SSSR count). The molecule has 36 heavy (non-hydrogen) atoms. The standard InChI is InChI=1S/C27H29N3O4S2/c31-24(23(35)15-18-6-2-1-3-7-18)30-27(11-4-5-12-27)26(34)29-22(25(32)33)14-19-8-9-21(28-16-19)20-10-13-36-17-20/h1-3,6-10,13,16-17,22-23,35H,4-5,11-12,14-15H2,(H,29,34)(H,30,31)(H,32,33)/t22-,23-/m0/s1. The van der Waals surface area contributed by atoms with Crippen molar-refractivity contribution in [1.82, 2.24) is 15.6 Å². The quantitative estimate of drug-likeness (QED) is 0.302. The number of rotatable bonds is 10. The van der Waals surface area contributed by atoms with Crippen molar-refractivity contribution in [3.05, 3.63) is 76.6 Å². The Morgan fingerprint density at radius 1 is 1.03 bits per heavy atom. The molecule has 0 aliphatic heterocycles. The molecule has 2 atom stereocenters. The summed E-state index contributed by atoms with van der Waals surface area (Å²) in [6, 6.07) is 14.0. The molecule has 2 amide bonds. The Morgan fingerprint density at radius 2 is 1.78 bits per heavy atom. The van der Waals surface area contributed by atoms with Gasteiger partial charge in [0, 0.05) is 23.6 Å².